The van der Waals surface area contributed by atoms with E-state index < -0.39 is 0 Å². The van der Waals surface area contributed by atoms with Gasteiger partial charge in [0, 0.05) is 24.1 Å². The summed E-state index contributed by atoms with van der Waals surface area (Å²) in [5, 5.41) is 3.55. The van der Waals surface area contributed by atoms with Gasteiger partial charge in [-0.15, -0.1) is 0 Å². The van der Waals surface area contributed by atoms with Crippen molar-refractivity contribution in [2.45, 2.75) is 66.8 Å². The zero-order valence-electron chi connectivity index (χ0n) is 13.0. The highest BCUT2D eigenvalue weighted by Gasteiger charge is 2.21. The van der Waals surface area contributed by atoms with Crippen molar-refractivity contribution in [1.29, 1.82) is 0 Å². The van der Waals surface area contributed by atoms with E-state index in [1.54, 1.807) is 0 Å². The fourth-order valence-corrected chi connectivity index (χ4v) is 1.67. The van der Waals surface area contributed by atoms with Crippen molar-refractivity contribution in [1.82, 2.24) is 5.32 Å². The molecule has 0 saturated heterocycles. The molecule has 0 aliphatic carbocycles. The van der Waals surface area contributed by atoms with Crippen LogP contribution in [0.15, 0.2) is 0 Å². The molecule has 0 aromatic heterocycles. The molecular formula is C15H33NO. The minimum atomic E-state index is 0.187. The number of hydrogen-bond donors (Lipinski definition) is 1. The van der Waals surface area contributed by atoms with Gasteiger partial charge in [-0.2, -0.15) is 0 Å². The van der Waals surface area contributed by atoms with Crippen LogP contribution < -0.4 is 5.32 Å². The lowest BCUT2D eigenvalue weighted by molar-refractivity contribution is 0.0393. The fraction of sp³-hybridized carbons (Fsp3) is 1.00. The molecule has 1 unspecified atom stereocenters. The smallest absolute Gasteiger partial charge is 0.0529 e. The number of nitrogens with one attached hydrogen (secondary N) is 1. The lowest BCUT2D eigenvalue weighted by atomic mass is 9.93. The standard InChI is InChI=1S/C15H33NO/c1-8-9-13(2)10-17-12-15(6,7)11-16-14(3,4)5/h13,16H,8-12H2,1-7H3. The molecule has 0 aromatic rings. The van der Waals surface area contributed by atoms with E-state index in [2.05, 4.69) is 53.8 Å². The Morgan fingerprint density at radius 1 is 1.12 bits per heavy atom. The van der Waals surface area contributed by atoms with Crippen LogP contribution in [0.5, 0.6) is 0 Å². The Hall–Kier alpha value is -0.0800. The zero-order chi connectivity index (χ0) is 13.5. The summed E-state index contributed by atoms with van der Waals surface area (Å²) in [6.45, 7) is 18.4. The summed E-state index contributed by atoms with van der Waals surface area (Å²) in [4.78, 5) is 0. The molecule has 1 N–H and O–H groups in total. The molecule has 0 fully saturated rings. The van der Waals surface area contributed by atoms with Crippen LogP contribution in [0.25, 0.3) is 0 Å². The van der Waals surface area contributed by atoms with Gasteiger partial charge in [0.25, 0.3) is 0 Å². The molecule has 2 nitrogen and oxygen atoms in total. The van der Waals surface area contributed by atoms with Crippen molar-refractivity contribution in [2.24, 2.45) is 11.3 Å². The SMILES string of the molecule is CCCC(C)COCC(C)(C)CNC(C)(C)C. The van der Waals surface area contributed by atoms with Crippen molar-refractivity contribution in [3.63, 3.8) is 0 Å². The van der Waals surface area contributed by atoms with Crippen LogP contribution >= 0.6 is 0 Å². The van der Waals surface area contributed by atoms with E-state index in [0.29, 0.717) is 5.92 Å². The first kappa shape index (κ1) is 16.9. The molecule has 0 spiro atoms. The first-order chi connectivity index (χ1) is 7.66. The maximum absolute atomic E-state index is 5.84. The van der Waals surface area contributed by atoms with Crippen LogP contribution in [0.4, 0.5) is 0 Å². The highest BCUT2D eigenvalue weighted by molar-refractivity contribution is 4.78. The quantitative estimate of drug-likeness (QED) is 0.699. The van der Waals surface area contributed by atoms with E-state index in [-0.39, 0.29) is 11.0 Å². The fourth-order valence-electron chi connectivity index (χ4n) is 1.67. The molecule has 0 radical (unpaired) electrons. The van der Waals surface area contributed by atoms with E-state index in [0.717, 1.165) is 19.8 Å². The second-order valence-corrected chi connectivity index (χ2v) is 7.18. The third-order valence-corrected chi connectivity index (χ3v) is 2.77. The number of hydrogen-bond acceptors (Lipinski definition) is 2. The van der Waals surface area contributed by atoms with Crippen molar-refractivity contribution in [2.75, 3.05) is 19.8 Å². The van der Waals surface area contributed by atoms with Gasteiger partial charge in [0.1, 0.15) is 0 Å². The molecule has 0 aliphatic heterocycles. The topological polar surface area (TPSA) is 21.3 Å². The highest BCUT2D eigenvalue weighted by atomic mass is 16.5. The first-order valence-electron chi connectivity index (χ1n) is 6.99. The summed E-state index contributed by atoms with van der Waals surface area (Å²) in [6, 6.07) is 0. The predicted molar refractivity (Wildman–Crippen MR) is 76.4 cm³/mol. The van der Waals surface area contributed by atoms with Crippen LogP contribution in [0.2, 0.25) is 0 Å². The molecule has 0 amide bonds. The van der Waals surface area contributed by atoms with E-state index in [9.17, 15) is 0 Å². The van der Waals surface area contributed by atoms with E-state index in [1.165, 1.54) is 12.8 Å². The molecule has 17 heavy (non-hydrogen) atoms. The molecule has 1 atom stereocenters. The Bertz CT molecular complexity index is 194. The molecule has 104 valence electrons. The first-order valence-corrected chi connectivity index (χ1v) is 6.99. The van der Waals surface area contributed by atoms with Crippen molar-refractivity contribution in [3.05, 3.63) is 0 Å². The van der Waals surface area contributed by atoms with Gasteiger partial charge in [-0.3, -0.25) is 0 Å². The summed E-state index contributed by atoms with van der Waals surface area (Å²) in [5.74, 6) is 0.686. The predicted octanol–water partition coefficient (Wildman–Crippen LogP) is 3.85. The van der Waals surface area contributed by atoms with Crippen LogP contribution in [0, 0.1) is 11.3 Å². The molecule has 0 aromatic carbocycles. The van der Waals surface area contributed by atoms with Crippen molar-refractivity contribution < 1.29 is 4.74 Å². The minimum absolute atomic E-state index is 0.187. The third-order valence-electron chi connectivity index (χ3n) is 2.77. The molecule has 0 aliphatic rings. The summed E-state index contributed by atoms with van der Waals surface area (Å²) in [5.41, 5.74) is 0.395. The summed E-state index contributed by atoms with van der Waals surface area (Å²) >= 11 is 0. The minimum Gasteiger partial charge on any atom is -0.381 e. The number of ether oxygens (including phenoxy) is 1. The zero-order valence-corrected chi connectivity index (χ0v) is 13.0. The molecule has 2 heteroatoms. The van der Waals surface area contributed by atoms with Gasteiger partial charge in [-0.05, 0) is 33.1 Å². The van der Waals surface area contributed by atoms with Gasteiger partial charge >= 0.3 is 0 Å². The van der Waals surface area contributed by atoms with Gasteiger partial charge in [0.05, 0.1) is 6.61 Å². The normalized spacial score (nSPS) is 15.0. The average molecular weight is 243 g/mol. The van der Waals surface area contributed by atoms with Gasteiger partial charge in [-0.1, -0.05) is 34.1 Å². The largest absolute Gasteiger partial charge is 0.381 e. The van der Waals surface area contributed by atoms with Gasteiger partial charge in [-0.25, -0.2) is 0 Å². The maximum atomic E-state index is 5.84. The van der Waals surface area contributed by atoms with Crippen molar-refractivity contribution in [3.8, 4) is 0 Å². The van der Waals surface area contributed by atoms with Gasteiger partial charge in [0.2, 0.25) is 0 Å². The Labute approximate surface area is 109 Å². The van der Waals surface area contributed by atoms with Crippen LogP contribution in [0.1, 0.15) is 61.3 Å². The maximum Gasteiger partial charge on any atom is 0.0529 e. The molecule has 0 bridgehead atoms. The molecule has 0 saturated carbocycles. The second kappa shape index (κ2) is 7.38. The van der Waals surface area contributed by atoms with Gasteiger partial charge < -0.3 is 10.1 Å². The third kappa shape index (κ3) is 10.8. The Morgan fingerprint density at radius 3 is 2.18 bits per heavy atom. The molecular weight excluding hydrogens is 210 g/mol. The summed E-state index contributed by atoms with van der Waals surface area (Å²) in [7, 11) is 0. The average Bonchev–Trinajstić information content (AvgIpc) is 2.14. The summed E-state index contributed by atoms with van der Waals surface area (Å²) in [6.07, 6.45) is 2.51. The van der Waals surface area contributed by atoms with E-state index >= 15 is 0 Å². The lowest BCUT2D eigenvalue weighted by Crippen LogP contribution is -2.43. The molecule has 0 rings (SSSR count). The number of rotatable bonds is 8. The van der Waals surface area contributed by atoms with Crippen LogP contribution in [-0.4, -0.2) is 25.3 Å². The molecule has 0 heterocycles. The van der Waals surface area contributed by atoms with Crippen LogP contribution in [0.3, 0.4) is 0 Å². The summed E-state index contributed by atoms with van der Waals surface area (Å²) < 4.78 is 5.84. The van der Waals surface area contributed by atoms with Gasteiger partial charge in [0.15, 0.2) is 0 Å². The van der Waals surface area contributed by atoms with E-state index in [4.69, 9.17) is 4.74 Å². The lowest BCUT2D eigenvalue weighted by Gasteiger charge is -2.30. The monoisotopic (exact) mass is 243 g/mol. The van der Waals surface area contributed by atoms with Crippen molar-refractivity contribution >= 4 is 0 Å². The van der Waals surface area contributed by atoms with Crippen LogP contribution in [-0.2, 0) is 4.74 Å². The Morgan fingerprint density at radius 2 is 1.71 bits per heavy atom. The Balaban J connectivity index is 3.78. The van der Waals surface area contributed by atoms with E-state index in [1.807, 2.05) is 0 Å². The second-order valence-electron chi connectivity index (χ2n) is 7.18. The Kier molecular flexibility index (Phi) is 7.34. The highest BCUT2D eigenvalue weighted by Crippen LogP contribution is 2.17.